The molecule has 1 nitrogen and oxygen atoms in total. The zero-order chi connectivity index (χ0) is 11.2. The Morgan fingerprint density at radius 1 is 1.06 bits per heavy atom. The second-order valence-corrected chi connectivity index (χ2v) is 3.68. The SMILES string of the molecule is CNCCC#Cc1cccc2ccccc12. The van der Waals surface area contributed by atoms with E-state index in [1.165, 1.54) is 10.8 Å². The third-order valence-corrected chi connectivity index (χ3v) is 2.51. The van der Waals surface area contributed by atoms with Crippen molar-refractivity contribution in [1.29, 1.82) is 0 Å². The molecular formula is C15H15N. The van der Waals surface area contributed by atoms with Crippen LogP contribution in [0.4, 0.5) is 0 Å². The minimum Gasteiger partial charge on any atom is -0.319 e. The van der Waals surface area contributed by atoms with E-state index >= 15 is 0 Å². The summed E-state index contributed by atoms with van der Waals surface area (Å²) in [4.78, 5) is 0. The number of hydrogen-bond acceptors (Lipinski definition) is 1. The molecule has 0 radical (unpaired) electrons. The highest BCUT2D eigenvalue weighted by Gasteiger charge is 1.95. The summed E-state index contributed by atoms with van der Waals surface area (Å²) >= 11 is 0. The van der Waals surface area contributed by atoms with Crippen molar-refractivity contribution in [3.05, 3.63) is 48.0 Å². The Balaban J connectivity index is 2.32. The van der Waals surface area contributed by atoms with E-state index in [9.17, 15) is 0 Å². The lowest BCUT2D eigenvalue weighted by atomic mass is 10.1. The maximum Gasteiger partial charge on any atom is 0.0323 e. The van der Waals surface area contributed by atoms with E-state index < -0.39 is 0 Å². The molecule has 0 spiro atoms. The third kappa shape index (κ3) is 2.42. The standard InChI is InChI=1S/C15H15N/c1-16-12-5-4-8-14-10-6-9-13-7-2-3-11-15(13)14/h2-3,6-7,9-11,16H,5,12H2,1H3. The summed E-state index contributed by atoms with van der Waals surface area (Å²) in [6, 6.07) is 14.6. The number of nitrogens with one attached hydrogen (secondary N) is 1. The predicted octanol–water partition coefficient (Wildman–Crippen LogP) is 2.80. The van der Waals surface area contributed by atoms with Gasteiger partial charge in [-0.2, -0.15) is 0 Å². The molecule has 0 saturated heterocycles. The topological polar surface area (TPSA) is 12.0 Å². The lowest BCUT2D eigenvalue weighted by Gasteiger charge is -1.99. The molecule has 2 aromatic rings. The number of fused-ring (bicyclic) bond motifs is 1. The first-order valence-corrected chi connectivity index (χ1v) is 5.53. The summed E-state index contributed by atoms with van der Waals surface area (Å²) in [5, 5.41) is 5.58. The van der Waals surface area contributed by atoms with Crippen LogP contribution in [0, 0.1) is 11.8 Å². The van der Waals surface area contributed by atoms with Crippen LogP contribution in [0.2, 0.25) is 0 Å². The third-order valence-electron chi connectivity index (χ3n) is 2.51. The minimum absolute atomic E-state index is 0.889. The van der Waals surface area contributed by atoms with Gasteiger partial charge in [0.2, 0.25) is 0 Å². The molecule has 0 aliphatic carbocycles. The average Bonchev–Trinajstić information content (AvgIpc) is 2.35. The van der Waals surface area contributed by atoms with Crippen LogP contribution in [0.15, 0.2) is 42.5 Å². The predicted molar refractivity (Wildman–Crippen MR) is 69.4 cm³/mol. The highest BCUT2D eigenvalue weighted by Crippen LogP contribution is 2.17. The molecule has 0 aliphatic heterocycles. The van der Waals surface area contributed by atoms with Gasteiger partial charge in [-0.15, -0.1) is 0 Å². The summed E-state index contributed by atoms with van der Waals surface area (Å²) in [6.45, 7) is 0.942. The van der Waals surface area contributed by atoms with Crippen molar-refractivity contribution in [2.45, 2.75) is 6.42 Å². The fourth-order valence-corrected chi connectivity index (χ4v) is 1.68. The van der Waals surface area contributed by atoms with E-state index in [1.807, 2.05) is 7.05 Å². The number of hydrogen-bond donors (Lipinski definition) is 1. The molecule has 1 heteroatoms. The van der Waals surface area contributed by atoms with Gasteiger partial charge in [0, 0.05) is 18.5 Å². The summed E-state index contributed by atoms with van der Waals surface area (Å²) in [6.07, 6.45) is 0.889. The van der Waals surface area contributed by atoms with Gasteiger partial charge in [-0.25, -0.2) is 0 Å². The average molecular weight is 209 g/mol. The molecular weight excluding hydrogens is 194 g/mol. The van der Waals surface area contributed by atoms with Crippen molar-refractivity contribution in [2.24, 2.45) is 0 Å². The Kier molecular flexibility index (Phi) is 3.58. The fourth-order valence-electron chi connectivity index (χ4n) is 1.68. The van der Waals surface area contributed by atoms with E-state index in [2.05, 4.69) is 59.6 Å². The first kappa shape index (κ1) is 10.7. The molecule has 0 amide bonds. The van der Waals surface area contributed by atoms with Crippen molar-refractivity contribution < 1.29 is 0 Å². The van der Waals surface area contributed by atoms with Gasteiger partial charge in [-0.3, -0.25) is 0 Å². The quantitative estimate of drug-likeness (QED) is 0.592. The number of rotatable bonds is 2. The zero-order valence-electron chi connectivity index (χ0n) is 9.46. The Morgan fingerprint density at radius 3 is 2.75 bits per heavy atom. The van der Waals surface area contributed by atoms with Gasteiger partial charge in [0.05, 0.1) is 0 Å². The second-order valence-electron chi connectivity index (χ2n) is 3.68. The molecule has 0 aromatic heterocycles. The first-order valence-electron chi connectivity index (χ1n) is 5.53. The molecule has 0 saturated carbocycles. The normalized spacial score (nSPS) is 9.81. The van der Waals surface area contributed by atoms with Gasteiger partial charge in [0.1, 0.15) is 0 Å². The van der Waals surface area contributed by atoms with Gasteiger partial charge in [0.15, 0.2) is 0 Å². The molecule has 0 bridgehead atoms. The van der Waals surface area contributed by atoms with Gasteiger partial charge in [-0.05, 0) is 23.9 Å². The van der Waals surface area contributed by atoms with E-state index in [1.54, 1.807) is 0 Å². The molecule has 16 heavy (non-hydrogen) atoms. The van der Waals surface area contributed by atoms with Gasteiger partial charge >= 0.3 is 0 Å². The van der Waals surface area contributed by atoms with Crippen LogP contribution in [0.5, 0.6) is 0 Å². The van der Waals surface area contributed by atoms with Gasteiger partial charge in [0.25, 0.3) is 0 Å². The van der Waals surface area contributed by atoms with Crippen molar-refractivity contribution >= 4 is 10.8 Å². The van der Waals surface area contributed by atoms with Crippen LogP contribution < -0.4 is 5.32 Å². The Bertz CT molecular complexity index is 526. The van der Waals surface area contributed by atoms with Crippen molar-refractivity contribution in [3.63, 3.8) is 0 Å². The highest BCUT2D eigenvalue weighted by molar-refractivity contribution is 5.88. The lowest BCUT2D eigenvalue weighted by Crippen LogP contribution is -2.05. The Labute approximate surface area is 96.5 Å². The first-order chi connectivity index (χ1) is 7.92. The molecule has 0 fully saturated rings. The maximum absolute atomic E-state index is 3.23. The highest BCUT2D eigenvalue weighted by atomic mass is 14.8. The lowest BCUT2D eigenvalue weighted by molar-refractivity contribution is 0.818. The fraction of sp³-hybridized carbons (Fsp3) is 0.200. The zero-order valence-corrected chi connectivity index (χ0v) is 9.46. The molecule has 1 N–H and O–H groups in total. The largest absolute Gasteiger partial charge is 0.319 e. The van der Waals surface area contributed by atoms with Crippen LogP contribution in [-0.2, 0) is 0 Å². The van der Waals surface area contributed by atoms with E-state index in [4.69, 9.17) is 0 Å². The molecule has 2 rings (SSSR count). The van der Waals surface area contributed by atoms with E-state index in [0.29, 0.717) is 0 Å². The molecule has 2 aromatic carbocycles. The van der Waals surface area contributed by atoms with Crippen LogP contribution in [0.25, 0.3) is 10.8 Å². The molecule has 0 heterocycles. The van der Waals surface area contributed by atoms with E-state index in [-0.39, 0.29) is 0 Å². The minimum atomic E-state index is 0.889. The van der Waals surface area contributed by atoms with Crippen LogP contribution >= 0.6 is 0 Å². The maximum atomic E-state index is 3.23. The summed E-state index contributed by atoms with van der Waals surface area (Å²) in [7, 11) is 1.94. The smallest absolute Gasteiger partial charge is 0.0323 e. The molecule has 0 atom stereocenters. The molecule has 0 aliphatic rings. The van der Waals surface area contributed by atoms with Gasteiger partial charge in [-0.1, -0.05) is 48.2 Å². The van der Waals surface area contributed by atoms with Crippen molar-refractivity contribution in [1.82, 2.24) is 5.32 Å². The summed E-state index contributed by atoms with van der Waals surface area (Å²) < 4.78 is 0. The summed E-state index contributed by atoms with van der Waals surface area (Å²) in [5.74, 6) is 6.41. The second kappa shape index (κ2) is 5.34. The Morgan fingerprint density at radius 2 is 1.88 bits per heavy atom. The molecule has 80 valence electrons. The Hall–Kier alpha value is -1.78. The van der Waals surface area contributed by atoms with Crippen molar-refractivity contribution in [3.8, 4) is 11.8 Å². The van der Waals surface area contributed by atoms with Gasteiger partial charge < -0.3 is 5.32 Å². The van der Waals surface area contributed by atoms with E-state index in [0.717, 1.165) is 18.5 Å². The van der Waals surface area contributed by atoms with Crippen molar-refractivity contribution in [2.75, 3.05) is 13.6 Å². The van der Waals surface area contributed by atoms with Crippen LogP contribution in [-0.4, -0.2) is 13.6 Å². The van der Waals surface area contributed by atoms with Crippen LogP contribution in [0.3, 0.4) is 0 Å². The number of benzene rings is 2. The monoisotopic (exact) mass is 209 g/mol. The van der Waals surface area contributed by atoms with Crippen LogP contribution in [0.1, 0.15) is 12.0 Å². The molecule has 0 unspecified atom stereocenters. The summed E-state index contributed by atoms with van der Waals surface area (Å²) in [5.41, 5.74) is 1.12.